The number of allylic oxidation sites excluding steroid dienone is 1. The standard InChI is InChI=1S/C21H17F6N3O2S.C9H4F6O2/c1-2-7-28-17-16(33-19(32)29-17)10-12-5-8-30(9-6-12)18(31)14-4-3-13(20(22,23)24)11-15(14)21(25,26)27;10-8(11,12)4-1-2-5(7(16)17)6(3-4)9(13,14)15/h1,3-4,10-12H,5-9H2,(H,28,29,32);1-3H,(H,16,17). The lowest BCUT2D eigenvalue weighted by Crippen LogP contribution is -2.39. The first-order valence-corrected chi connectivity index (χ1v) is 14.5. The summed E-state index contributed by atoms with van der Waals surface area (Å²) >= 11 is 0.944. The quantitative estimate of drug-likeness (QED) is 0.242. The van der Waals surface area contributed by atoms with Crippen molar-refractivity contribution in [1.29, 1.82) is 0 Å². The largest absolute Gasteiger partial charge is 0.478 e. The highest BCUT2D eigenvalue weighted by Crippen LogP contribution is 2.39. The molecule has 20 heteroatoms. The van der Waals surface area contributed by atoms with Crippen molar-refractivity contribution in [3.8, 4) is 12.3 Å². The molecule has 2 heterocycles. The second kappa shape index (κ2) is 15.1. The Morgan fingerprint density at radius 1 is 0.860 bits per heavy atom. The number of amidine groups is 1. The fourth-order valence-electron chi connectivity index (χ4n) is 4.62. The molecule has 2 aliphatic heterocycles. The summed E-state index contributed by atoms with van der Waals surface area (Å²) in [6.45, 7) is 0.290. The maximum absolute atomic E-state index is 13.4. The van der Waals surface area contributed by atoms with Gasteiger partial charge in [-0.15, -0.1) is 6.42 Å². The lowest BCUT2D eigenvalue weighted by Gasteiger charge is -2.31. The minimum absolute atomic E-state index is 0.0389. The highest BCUT2D eigenvalue weighted by Gasteiger charge is 2.41. The zero-order valence-corrected chi connectivity index (χ0v) is 25.6. The molecule has 0 aromatic heterocycles. The molecule has 2 saturated heterocycles. The Labute approximate surface area is 278 Å². The number of hydrogen-bond donors (Lipinski definition) is 2. The number of rotatable bonds is 4. The number of likely N-dealkylation sites (tertiary alicyclic amines) is 1. The van der Waals surface area contributed by atoms with Crippen LogP contribution >= 0.6 is 11.8 Å². The van der Waals surface area contributed by atoms with Crippen LogP contribution in [0.4, 0.5) is 57.5 Å². The van der Waals surface area contributed by atoms with Crippen molar-refractivity contribution in [2.75, 3.05) is 19.6 Å². The van der Waals surface area contributed by atoms with Gasteiger partial charge in [-0.2, -0.15) is 52.7 Å². The molecule has 0 radical (unpaired) electrons. The average molecular weight is 748 g/mol. The van der Waals surface area contributed by atoms with Crippen molar-refractivity contribution in [1.82, 2.24) is 10.2 Å². The number of halogens is 12. The topological polar surface area (TPSA) is 99.1 Å². The van der Waals surface area contributed by atoms with Crippen molar-refractivity contribution in [3.05, 3.63) is 80.8 Å². The van der Waals surface area contributed by atoms with Gasteiger partial charge in [0.15, 0.2) is 0 Å². The Balaban J connectivity index is 0.000000335. The normalized spacial score (nSPS) is 17.7. The summed E-state index contributed by atoms with van der Waals surface area (Å²) in [5.41, 5.74) is -8.50. The van der Waals surface area contributed by atoms with Crippen LogP contribution in [0.25, 0.3) is 0 Å². The van der Waals surface area contributed by atoms with Crippen LogP contribution in [-0.2, 0) is 24.7 Å². The molecule has 2 N–H and O–H groups in total. The van der Waals surface area contributed by atoms with E-state index in [1.54, 1.807) is 6.08 Å². The smallest absolute Gasteiger partial charge is 0.417 e. The fourth-order valence-corrected chi connectivity index (χ4v) is 5.44. The number of piperidine rings is 1. The summed E-state index contributed by atoms with van der Waals surface area (Å²) in [5, 5.41) is 10.7. The molecule has 0 spiro atoms. The second-order valence-corrected chi connectivity index (χ2v) is 11.4. The molecule has 2 amide bonds. The highest BCUT2D eigenvalue weighted by molar-refractivity contribution is 8.18. The number of carboxylic acid groups (broad SMARTS) is 1. The Kier molecular flexibility index (Phi) is 12.0. The van der Waals surface area contributed by atoms with Gasteiger partial charge in [0.05, 0.1) is 38.3 Å². The van der Waals surface area contributed by atoms with Crippen LogP contribution in [0.3, 0.4) is 0 Å². The van der Waals surface area contributed by atoms with Crippen molar-refractivity contribution in [2.45, 2.75) is 37.5 Å². The third kappa shape index (κ3) is 10.2. The summed E-state index contributed by atoms with van der Waals surface area (Å²) in [4.78, 5) is 40.7. The van der Waals surface area contributed by atoms with Gasteiger partial charge in [0.1, 0.15) is 12.4 Å². The molecule has 2 aromatic rings. The number of nitrogens with zero attached hydrogens (tertiary/aromatic N) is 2. The van der Waals surface area contributed by atoms with Gasteiger partial charge < -0.3 is 15.3 Å². The Morgan fingerprint density at radius 3 is 1.78 bits per heavy atom. The van der Waals surface area contributed by atoms with Gasteiger partial charge >= 0.3 is 30.7 Å². The molecule has 4 rings (SSSR count). The van der Waals surface area contributed by atoms with Crippen LogP contribution in [0, 0.1) is 18.3 Å². The molecule has 2 aromatic carbocycles. The zero-order chi connectivity index (χ0) is 37.8. The summed E-state index contributed by atoms with van der Waals surface area (Å²) in [7, 11) is 0. The van der Waals surface area contributed by atoms with Gasteiger partial charge in [-0.3, -0.25) is 14.6 Å². The van der Waals surface area contributed by atoms with Gasteiger partial charge in [-0.1, -0.05) is 12.0 Å². The van der Waals surface area contributed by atoms with E-state index in [-0.39, 0.29) is 49.0 Å². The van der Waals surface area contributed by atoms with Gasteiger partial charge in [-0.25, -0.2) is 4.79 Å². The van der Waals surface area contributed by atoms with E-state index in [0.717, 1.165) is 11.8 Å². The number of nitrogens with one attached hydrogen (secondary N) is 1. The number of aliphatic imine (C=N–C) groups is 1. The van der Waals surface area contributed by atoms with E-state index in [4.69, 9.17) is 11.5 Å². The minimum Gasteiger partial charge on any atom is -0.478 e. The first-order valence-electron chi connectivity index (χ1n) is 13.7. The number of carbonyl (C=O) groups is 3. The number of hydrogen-bond acceptors (Lipinski definition) is 5. The molecule has 7 nitrogen and oxygen atoms in total. The van der Waals surface area contributed by atoms with Gasteiger partial charge in [0.25, 0.3) is 11.1 Å². The Morgan fingerprint density at radius 2 is 1.34 bits per heavy atom. The number of terminal acetylenes is 1. The molecule has 0 unspecified atom stereocenters. The van der Waals surface area contributed by atoms with Gasteiger partial charge in [-0.05, 0) is 66.9 Å². The van der Waals surface area contributed by atoms with Crippen molar-refractivity contribution < 1.29 is 72.2 Å². The number of aromatic carboxylic acids is 1. The van der Waals surface area contributed by atoms with Gasteiger partial charge in [0, 0.05) is 13.1 Å². The highest BCUT2D eigenvalue weighted by atomic mass is 32.2. The average Bonchev–Trinajstić information content (AvgIpc) is 3.36. The van der Waals surface area contributed by atoms with E-state index in [2.05, 4.69) is 16.2 Å². The van der Waals surface area contributed by atoms with Gasteiger partial charge in [0.2, 0.25) is 0 Å². The molecule has 0 aliphatic carbocycles. The predicted molar refractivity (Wildman–Crippen MR) is 154 cm³/mol. The molecule has 2 fully saturated rings. The molecular formula is C30H21F12N3O4S. The number of alkyl halides is 12. The maximum Gasteiger partial charge on any atom is 0.417 e. The van der Waals surface area contributed by atoms with E-state index in [1.165, 1.54) is 4.90 Å². The van der Waals surface area contributed by atoms with E-state index in [1.807, 2.05) is 0 Å². The molecule has 50 heavy (non-hydrogen) atoms. The van der Waals surface area contributed by atoms with Crippen molar-refractivity contribution >= 4 is 34.7 Å². The van der Waals surface area contributed by atoms with Crippen LogP contribution in [0.2, 0.25) is 0 Å². The molecule has 0 atom stereocenters. The van der Waals surface area contributed by atoms with E-state index < -0.39 is 70.0 Å². The summed E-state index contributed by atoms with van der Waals surface area (Å²) in [6.07, 6.45) is -12.4. The fraction of sp³-hybridized carbons (Fsp3) is 0.333. The number of carbonyl (C=O) groups excluding carboxylic acids is 2. The van der Waals surface area contributed by atoms with Crippen LogP contribution < -0.4 is 5.32 Å². The summed E-state index contributed by atoms with van der Waals surface area (Å²) in [6, 6.07) is 1.36. The van der Waals surface area contributed by atoms with Crippen LogP contribution in [-0.4, -0.2) is 52.6 Å². The minimum atomic E-state index is -5.16. The van der Waals surface area contributed by atoms with E-state index in [9.17, 15) is 67.1 Å². The Bertz CT molecular complexity index is 1730. The third-order valence-corrected chi connectivity index (χ3v) is 7.80. The molecule has 0 bridgehead atoms. The zero-order valence-electron chi connectivity index (χ0n) is 24.7. The summed E-state index contributed by atoms with van der Waals surface area (Å²) in [5.74, 6) is -0.313. The second-order valence-electron chi connectivity index (χ2n) is 10.4. The molecule has 2 aliphatic rings. The Hall–Kier alpha value is -4.67. The summed E-state index contributed by atoms with van der Waals surface area (Å²) < 4.78 is 152. The monoisotopic (exact) mass is 747 g/mol. The first kappa shape index (κ1) is 39.8. The van der Waals surface area contributed by atoms with Crippen LogP contribution in [0.15, 0.2) is 52.4 Å². The molecular weight excluding hydrogens is 726 g/mol. The van der Waals surface area contributed by atoms with E-state index in [0.29, 0.717) is 41.8 Å². The van der Waals surface area contributed by atoms with E-state index >= 15 is 0 Å². The number of amides is 2. The lowest BCUT2D eigenvalue weighted by atomic mass is 9.94. The van der Waals surface area contributed by atoms with Crippen molar-refractivity contribution in [3.63, 3.8) is 0 Å². The van der Waals surface area contributed by atoms with Crippen LogP contribution in [0.1, 0.15) is 55.8 Å². The number of benzene rings is 2. The number of thioether (sulfide) groups is 1. The van der Waals surface area contributed by atoms with Crippen molar-refractivity contribution in [2.24, 2.45) is 10.9 Å². The first-order chi connectivity index (χ1) is 22.9. The number of carboxylic acids is 1. The third-order valence-electron chi connectivity index (χ3n) is 6.96. The molecule has 0 saturated carbocycles. The van der Waals surface area contributed by atoms with Crippen LogP contribution in [0.5, 0.6) is 0 Å². The predicted octanol–water partition coefficient (Wildman–Crippen LogP) is 8.37. The maximum atomic E-state index is 13.4. The SMILES string of the molecule is C#CCN=C1NC(=O)SC1=CC1CCN(C(=O)c2ccc(C(F)(F)F)cc2C(F)(F)F)CC1.O=C(O)c1ccc(C(F)(F)F)cc1C(F)(F)F. The molecule has 270 valence electrons. The lowest BCUT2D eigenvalue weighted by molar-refractivity contribution is -0.144.